The number of amides is 2. The molecule has 2 aliphatic heterocycles. The highest BCUT2D eigenvalue weighted by Gasteiger charge is 2.39. The molecule has 0 bridgehead atoms. The minimum atomic E-state index is -1.16. The van der Waals surface area contributed by atoms with Gasteiger partial charge in [-0.3, -0.25) is 9.59 Å². The van der Waals surface area contributed by atoms with Gasteiger partial charge in [0.25, 0.3) is 0 Å². The van der Waals surface area contributed by atoms with Crippen molar-refractivity contribution in [2.24, 2.45) is 11.8 Å². The Morgan fingerprint density at radius 1 is 1.33 bits per heavy atom. The average Bonchev–Trinajstić information content (AvgIpc) is 3.01. The predicted molar refractivity (Wildman–Crippen MR) is 89.9 cm³/mol. The second-order valence-electron chi connectivity index (χ2n) is 6.80. The van der Waals surface area contributed by atoms with Crippen LogP contribution in [0.4, 0.5) is 14.5 Å². The summed E-state index contributed by atoms with van der Waals surface area (Å²) in [5, 5.41) is 11.9. The van der Waals surface area contributed by atoms with Crippen LogP contribution in [0.25, 0.3) is 0 Å². The number of nitrogens with one attached hydrogen (secondary N) is 1. The van der Waals surface area contributed by atoms with Gasteiger partial charge in [-0.05, 0) is 25.0 Å². The van der Waals surface area contributed by atoms with Gasteiger partial charge >= 0.3 is 5.97 Å². The third kappa shape index (κ3) is 4.24. The number of rotatable bonds is 5. The molecule has 2 saturated heterocycles. The molecule has 2 heterocycles. The molecule has 2 amide bonds. The van der Waals surface area contributed by atoms with Gasteiger partial charge in [-0.1, -0.05) is 0 Å². The van der Waals surface area contributed by atoms with Gasteiger partial charge in [0.1, 0.15) is 17.7 Å². The van der Waals surface area contributed by atoms with Crippen molar-refractivity contribution in [3.63, 3.8) is 0 Å². The highest BCUT2D eigenvalue weighted by molar-refractivity contribution is 6.00. The predicted octanol–water partition coefficient (Wildman–Crippen LogP) is 1.31. The van der Waals surface area contributed by atoms with E-state index in [0.717, 1.165) is 17.0 Å². The number of benzene rings is 1. The molecule has 2 N–H and O–H groups in total. The van der Waals surface area contributed by atoms with Gasteiger partial charge in [0.15, 0.2) is 0 Å². The van der Waals surface area contributed by atoms with Crippen LogP contribution in [0.1, 0.15) is 19.3 Å². The summed E-state index contributed by atoms with van der Waals surface area (Å²) in [5.41, 5.74) is -0.104. The molecule has 3 atom stereocenters. The zero-order valence-electron chi connectivity index (χ0n) is 14.5. The minimum absolute atomic E-state index is 0.0965. The van der Waals surface area contributed by atoms with Crippen molar-refractivity contribution in [1.29, 1.82) is 0 Å². The molecule has 9 heteroatoms. The monoisotopic (exact) mass is 382 g/mol. The van der Waals surface area contributed by atoms with Gasteiger partial charge in [-0.2, -0.15) is 0 Å². The maximum atomic E-state index is 13.9. The van der Waals surface area contributed by atoms with Crippen LogP contribution < -0.4 is 10.2 Å². The van der Waals surface area contributed by atoms with E-state index in [9.17, 15) is 28.3 Å². The summed E-state index contributed by atoms with van der Waals surface area (Å²) in [6.07, 6.45) is 1.16. The van der Waals surface area contributed by atoms with Gasteiger partial charge in [0.05, 0.1) is 18.2 Å². The summed E-state index contributed by atoms with van der Waals surface area (Å²) >= 11 is 0. The van der Waals surface area contributed by atoms with Crippen LogP contribution >= 0.6 is 0 Å². The van der Waals surface area contributed by atoms with E-state index >= 15 is 0 Å². The molecule has 146 valence electrons. The number of ether oxygens (including phenoxy) is 1. The number of carbonyl (C=O) groups is 3. The van der Waals surface area contributed by atoms with Gasteiger partial charge in [-0.25, -0.2) is 13.6 Å². The first-order valence-electron chi connectivity index (χ1n) is 8.73. The Labute approximate surface area is 154 Å². The molecule has 3 rings (SSSR count). The van der Waals surface area contributed by atoms with Crippen LogP contribution in [-0.4, -0.2) is 48.7 Å². The molecule has 0 aromatic heterocycles. The van der Waals surface area contributed by atoms with Gasteiger partial charge in [0, 0.05) is 31.6 Å². The van der Waals surface area contributed by atoms with Crippen LogP contribution in [0.15, 0.2) is 18.2 Å². The van der Waals surface area contributed by atoms with Gasteiger partial charge in [-0.15, -0.1) is 0 Å². The summed E-state index contributed by atoms with van der Waals surface area (Å²) in [5.74, 6) is -5.04. The van der Waals surface area contributed by atoms with E-state index in [1.165, 1.54) is 0 Å². The second kappa shape index (κ2) is 7.99. The highest BCUT2D eigenvalue weighted by atomic mass is 19.1. The molecule has 0 saturated carbocycles. The number of carboxylic acids is 1. The van der Waals surface area contributed by atoms with E-state index in [-0.39, 0.29) is 31.2 Å². The molecule has 2 aliphatic rings. The normalized spacial score (nSPS) is 23.9. The molecule has 2 fully saturated rings. The maximum Gasteiger partial charge on any atom is 0.326 e. The van der Waals surface area contributed by atoms with E-state index < -0.39 is 41.4 Å². The molecule has 3 unspecified atom stereocenters. The number of hydrogen-bond donors (Lipinski definition) is 2. The Bertz CT molecular complexity index is 751. The zero-order valence-corrected chi connectivity index (χ0v) is 14.5. The number of nitrogens with zero attached hydrogens (tertiary/aromatic N) is 1. The number of anilines is 1. The Hall–Kier alpha value is -2.55. The van der Waals surface area contributed by atoms with Crippen molar-refractivity contribution >= 4 is 23.5 Å². The lowest BCUT2D eigenvalue weighted by molar-refractivity contribution is -0.145. The molecule has 0 spiro atoms. The number of aliphatic carboxylic acids is 1. The quantitative estimate of drug-likeness (QED) is 0.801. The second-order valence-corrected chi connectivity index (χ2v) is 6.80. The largest absolute Gasteiger partial charge is 0.480 e. The van der Waals surface area contributed by atoms with Gasteiger partial charge in [0.2, 0.25) is 11.8 Å². The summed E-state index contributed by atoms with van der Waals surface area (Å²) in [7, 11) is 0. The van der Waals surface area contributed by atoms with E-state index in [4.69, 9.17) is 4.74 Å². The highest BCUT2D eigenvalue weighted by Crippen LogP contribution is 2.28. The van der Waals surface area contributed by atoms with Crippen molar-refractivity contribution in [1.82, 2.24) is 5.32 Å². The van der Waals surface area contributed by atoms with Crippen LogP contribution in [0.3, 0.4) is 0 Å². The fourth-order valence-corrected chi connectivity index (χ4v) is 3.50. The van der Waals surface area contributed by atoms with Crippen LogP contribution in [0.2, 0.25) is 0 Å². The molecule has 1 aromatic carbocycles. The summed E-state index contributed by atoms with van der Waals surface area (Å²) < 4.78 is 32.3. The third-order valence-electron chi connectivity index (χ3n) is 4.93. The first-order chi connectivity index (χ1) is 12.9. The zero-order chi connectivity index (χ0) is 19.6. The van der Waals surface area contributed by atoms with Crippen LogP contribution in [0, 0.1) is 23.5 Å². The van der Waals surface area contributed by atoms with Crippen LogP contribution in [-0.2, 0) is 19.1 Å². The Balaban J connectivity index is 1.68. The number of halogens is 2. The molecular formula is C18H20F2N2O5. The summed E-state index contributed by atoms with van der Waals surface area (Å²) in [4.78, 5) is 37.3. The van der Waals surface area contributed by atoms with E-state index in [1.54, 1.807) is 0 Å². The number of hydrogen-bond acceptors (Lipinski definition) is 4. The summed E-state index contributed by atoms with van der Waals surface area (Å²) in [6.45, 7) is 0.709. The van der Waals surface area contributed by atoms with Crippen molar-refractivity contribution < 1.29 is 33.0 Å². The minimum Gasteiger partial charge on any atom is -0.480 e. The van der Waals surface area contributed by atoms with Gasteiger partial charge < -0.3 is 20.1 Å². The van der Waals surface area contributed by atoms with E-state index in [1.807, 2.05) is 0 Å². The van der Waals surface area contributed by atoms with Crippen molar-refractivity contribution in [3.05, 3.63) is 29.8 Å². The standard InChI is InChI=1S/C18H20F2N2O5/c19-12-3-4-14(13(20)7-12)22-8-11(6-15(22)23)17(24)21-16(18(25)26)10-2-1-5-27-9-10/h3-4,7,10-11,16H,1-2,5-6,8-9H2,(H,21,24)(H,25,26). The van der Waals surface area contributed by atoms with Crippen molar-refractivity contribution in [3.8, 4) is 0 Å². The Kier molecular flexibility index (Phi) is 5.69. The fourth-order valence-electron chi connectivity index (χ4n) is 3.50. The third-order valence-corrected chi connectivity index (χ3v) is 4.93. The summed E-state index contributed by atoms with van der Waals surface area (Å²) in [6, 6.07) is 1.73. The molecular weight excluding hydrogens is 362 g/mol. The molecule has 0 aliphatic carbocycles. The van der Waals surface area contributed by atoms with E-state index in [2.05, 4.69) is 5.32 Å². The number of carbonyl (C=O) groups excluding carboxylic acids is 2. The maximum absolute atomic E-state index is 13.9. The lowest BCUT2D eigenvalue weighted by Gasteiger charge is -2.28. The average molecular weight is 382 g/mol. The Morgan fingerprint density at radius 2 is 2.11 bits per heavy atom. The number of carboxylic acid groups (broad SMARTS) is 1. The van der Waals surface area contributed by atoms with Crippen molar-refractivity contribution in [2.75, 3.05) is 24.7 Å². The Morgan fingerprint density at radius 3 is 2.74 bits per heavy atom. The molecule has 1 aromatic rings. The van der Waals surface area contributed by atoms with E-state index in [0.29, 0.717) is 25.5 Å². The first-order valence-corrected chi connectivity index (χ1v) is 8.73. The first kappa shape index (κ1) is 19.2. The molecule has 7 nitrogen and oxygen atoms in total. The lowest BCUT2D eigenvalue weighted by Crippen LogP contribution is -2.50. The topological polar surface area (TPSA) is 95.9 Å². The van der Waals surface area contributed by atoms with Crippen molar-refractivity contribution in [2.45, 2.75) is 25.3 Å². The van der Waals surface area contributed by atoms with Crippen LogP contribution in [0.5, 0.6) is 0 Å². The fraction of sp³-hybridized carbons (Fsp3) is 0.500. The SMILES string of the molecule is O=C(NC(C(=O)O)C1CCCOC1)C1CC(=O)N(c2ccc(F)cc2F)C1. The molecule has 27 heavy (non-hydrogen) atoms. The molecule has 0 radical (unpaired) electrons. The smallest absolute Gasteiger partial charge is 0.326 e. The lowest BCUT2D eigenvalue weighted by atomic mass is 9.93.